The van der Waals surface area contributed by atoms with E-state index in [4.69, 9.17) is 37.9 Å². The third-order valence-corrected chi connectivity index (χ3v) is 12.4. The topological polar surface area (TPSA) is 169 Å². The molecule has 3 aliphatic heterocycles. The quantitative estimate of drug-likeness (QED) is 0.175. The number of likely N-dealkylation sites (N-methyl/N-ethyl adjacent to an activating group) is 1. The molecule has 0 aromatic rings. The number of aliphatic hydroxyl groups excluding tert-OH is 2. The first-order valence-electron chi connectivity index (χ1n) is 19.9. The lowest BCUT2D eigenvalue weighted by Crippen LogP contribution is -2.60. The molecule has 3 rings (SSSR count). The van der Waals surface area contributed by atoms with E-state index < -0.39 is 96.0 Å². The molecule has 3 saturated heterocycles. The maximum Gasteiger partial charge on any atom is 0.311 e. The largest absolute Gasteiger partial charge is 0.491 e. The van der Waals surface area contributed by atoms with Gasteiger partial charge in [-0.05, 0) is 68.0 Å². The number of carbonyl (C=O) groups excluding carboxylic acids is 3. The van der Waals surface area contributed by atoms with Gasteiger partial charge in [0.1, 0.15) is 18.0 Å². The van der Waals surface area contributed by atoms with Crippen LogP contribution in [0.3, 0.4) is 0 Å². The summed E-state index contributed by atoms with van der Waals surface area (Å²) in [4.78, 5) is 42.2. The molecule has 17 atom stereocenters. The minimum Gasteiger partial charge on any atom is -0.491 e. The molecule has 0 aromatic heterocycles. The highest BCUT2D eigenvalue weighted by Gasteiger charge is 2.52. The van der Waals surface area contributed by atoms with Crippen molar-refractivity contribution in [3.63, 3.8) is 0 Å². The van der Waals surface area contributed by atoms with E-state index in [9.17, 15) is 24.6 Å². The number of methoxy groups -OCH3 is 2. The fourth-order valence-corrected chi connectivity index (χ4v) is 8.50. The minimum atomic E-state index is -1.20. The van der Waals surface area contributed by atoms with Crippen LogP contribution in [0.15, 0.2) is 12.3 Å². The molecule has 3 aliphatic rings. The van der Waals surface area contributed by atoms with Crippen molar-refractivity contribution < 1.29 is 62.5 Å². The lowest BCUT2D eigenvalue weighted by atomic mass is 9.74. The number of Topliss-reactive ketones (excluding diaryl/α,β-unsaturated/α-hetero) is 1. The van der Waals surface area contributed by atoms with Gasteiger partial charge in [-0.25, -0.2) is 0 Å². The molecule has 0 amide bonds. The zero-order valence-corrected chi connectivity index (χ0v) is 35.7. The number of hydrogen-bond donors (Lipinski definition) is 2. The predicted molar refractivity (Wildman–Crippen MR) is 204 cm³/mol. The van der Waals surface area contributed by atoms with Gasteiger partial charge in [-0.2, -0.15) is 0 Å². The van der Waals surface area contributed by atoms with Gasteiger partial charge in [-0.3, -0.25) is 14.4 Å². The molecule has 14 heteroatoms. The van der Waals surface area contributed by atoms with Crippen LogP contribution in [0.4, 0.5) is 0 Å². The number of esters is 1. The van der Waals surface area contributed by atoms with E-state index in [2.05, 4.69) is 0 Å². The zero-order chi connectivity index (χ0) is 41.6. The molecule has 0 bridgehead atoms. The summed E-state index contributed by atoms with van der Waals surface area (Å²) in [5, 5.41) is 22.2. The van der Waals surface area contributed by atoms with Gasteiger partial charge in [0, 0.05) is 50.4 Å². The van der Waals surface area contributed by atoms with Crippen LogP contribution in [-0.4, -0.2) is 140 Å². The van der Waals surface area contributed by atoms with E-state index in [0.29, 0.717) is 12.8 Å². The van der Waals surface area contributed by atoms with Crippen molar-refractivity contribution in [1.29, 1.82) is 0 Å². The standard InChI is InChI=1S/C41H71NO13/c1-15-30-25(5)34(46)26(6)33(45)22(2)19-41(10,49-14)37(55-39-36(50-17-16-23(3)43)29(42(11)12)18-24(4)52-39)27(7)35(28(8)38(47)53-30)54-32-20-40(9,48-13)31(44)21-51-32/h16-17,22,24-32,34-37,39,44,46H,15,18-21H2,1-14H3/b17-16+/t22-,24-,25+,26+,27+,28-,29+,30-,31+,32+,34+,35+,36-,37-,39+,40-,41+/m1/s1. The van der Waals surface area contributed by atoms with Crippen LogP contribution in [0, 0.1) is 29.6 Å². The average Bonchev–Trinajstić information content (AvgIpc) is 3.14. The Morgan fingerprint density at radius 3 is 2.13 bits per heavy atom. The first-order chi connectivity index (χ1) is 25.6. The number of rotatable bonds is 11. The van der Waals surface area contributed by atoms with Crippen molar-refractivity contribution in [2.45, 2.75) is 167 Å². The fraction of sp³-hybridized carbons (Fsp3) is 0.878. The van der Waals surface area contributed by atoms with E-state index in [-0.39, 0.29) is 43.2 Å². The normalized spacial score (nSPS) is 44.3. The molecular formula is C41H71NO13. The SMILES string of the molecule is CC[C@H]1OC(=O)[C@H](C)[C@@H](O[C@H]2C[C@@](C)(OC)[C@@H](O)CO2)[C@H](C)[C@@H](O[C@@H]2O[C@H](C)C[C@H](N(C)C)[C@H]2O/C=C/C(C)=O)[C@@](C)(OC)C[C@@H](C)C(=O)[C@H](C)[C@@H](O)[C@H]1C. The van der Waals surface area contributed by atoms with Crippen molar-refractivity contribution in [3.8, 4) is 0 Å². The molecular weight excluding hydrogens is 714 g/mol. The molecule has 2 N–H and O–H groups in total. The lowest BCUT2D eigenvalue weighted by molar-refractivity contribution is -0.313. The second kappa shape index (κ2) is 20.1. The average molecular weight is 786 g/mol. The monoisotopic (exact) mass is 785 g/mol. The van der Waals surface area contributed by atoms with Gasteiger partial charge >= 0.3 is 5.97 Å². The van der Waals surface area contributed by atoms with Gasteiger partial charge in [-0.15, -0.1) is 0 Å². The van der Waals surface area contributed by atoms with Crippen molar-refractivity contribution in [1.82, 2.24) is 4.90 Å². The van der Waals surface area contributed by atoms with Crippen LogP contribution >= 0.6 is 0 Å². The van der Waals surface area contributed by atoms with Crippen molar-refractivity contribution >= 4 is 17.5 Å². The Morgan fingerprint density at radius 1 is 0.927 bits per heavy atom. The molecule has 14 nitrogen and oxygen atoms in total. The summed E-state index contributed by atoms with van der Waals surface area (Å²) in [5.74, 6) is -4.32. The third kappa shape index (κ3) is 11.4. The van der Waals surface area contributed by atoms with Gasteiger partial charge in [0.15, 0.2) is 24.5 Å². The smallest absolute Gasteiger partial charge is 0.311 e. The number of nitrogens with zero attached hydrogens (tertiary/aromatic N) is 1. The second-order valence-corrected chi connectivity index (χ2v) is 16.9. The van der Waals surface area contributed by atoms with Crippen LogP contribution in [0.2, 0.25) is 0 Å². The van der Waals surface area contributed by atoms with Crippen molar-refractivity contribution in [3.05, 3.63) is 12.3 Å². The van der Waals surface area contributed by atoms with Gasteiger partial charge in [0.2, 0.25) is 0 Å². The molecule has 55 heavy (non-hydrogen) atoms. The molecule has 0 radical (unpaired) electrons. The summed E-state index contributed by atoms with van der Waals surface area (Å²) in [6.45, 7) is 17.8. The summed E-state index contributed by atoms with van der Waals surface area (Å²) >= 11 is 0. The Hall–Kier alpha value is -2.01. The minimum absolute atomic E-state index is 0.0533. The van der Waals surface area contributed by atoms with Crippen molar-refractivity contribution in [2.24, 2.45) is 29.6 Å². The third-order valence-electron chi connectivity index (χ3n) is 12.4. The van der Waals surface area contributed by atoms with Crippen LogP contribution in [0.5, 0.6) is 0 Å². The molecule has 0 saturated carbocycles. The number of cyclic esters (lactones) is 1. The van der Waals surface area contributed by atoms with E-state index in [1.54, 1.807) is 34.8 Å². The number of allylic oxidation sites excluding steroid dienone is 1. The first-order valence-corrected chi connectivity index (χ1v) is 19.9. The summed E-state index contributed by atoms with van der Waals surface area (Å²) in [6.07, 6.45) is -3.24. The van der Waals surface area contributed by atoms with E-state index >= 15 is 0 Å². The van der Waals surface area contributed by atoms with E-state index in [0.717, 1.165) is 0 Å². The highest BCUT2D eigenvalue weighted by molar-refractivity contribution is 5.86. The van der Waals surface area contributed by atoms with E-state index in [1.807, 2.05) is 53.6 Å². The molecule has 3 fully saturated rings. The van der Waals surface area contributed by atoms with E-state index in [1.165, 1.54) is 26.4 Å². The summed E-state index contributed by atoms with van der Waals surface area (Å²) < 4.78 is 50.8. The Kier molecular flexibility index (Phi) is 17.3. The van der Waals surface area contributed by atoms with Gasteiger partial charge in [0.05, 0.1) is 60.4 Å². The van der Waals surface area contributed by atoms with Crippen LogP contribution in [0.25, 0.3) is 0 Å². The number of ether oxygens (including phenoxy) is 8. The summed E-state index contributed by atoms with van der Waals surface area (Å²) in [5.41, 5.74) is -2.18. The molecule has 0 aromatic carbocycles. The maximum atomic E-state index is 14.2. The second-order valence-electron chi connectivity index (χ2n) is 16.9. The van der Waals surface area contributed by atoms with Gasteiger partial charge in [0.25, 0.3) is 0 Å². The van der Waals surface area contributed by atoms with Crippen molar-refractivity contribution in [2.75, 3.05) is 34.9 Å². The number of ketones is 2. The van der Waals surface area contributed by atoms with Gasteiger partial charge < -0.3 is 53.0 Å². The van der Waals surface area contributed by atoms with Crippen LogP contribution < -0.4 is 0 Å². The summed E-state index contributed by atoms with van der Waals surface area (Å²) in [7, 11) is 6.94. The molecule has 0 spiro atoms. The Morgan fingerprint density at radius 2 is 1.56 bits per heavy atom. The maximum absolute atomic E-state index is 14.2. The number of carbonyl (C=O) groups is 3. The number of hydrogen-bond acceptors (Lipinski definition) is 14. The highest BCUT2D eigenvalue weighted by atomic mass is 16.7. The fourth-order valence-electron chi connectivity index (χ4n) is 8.50. The molecule has 0 aliphatic carbocycles. The van der Waals surface area contributed by atoms with Crippen LogP contribution in [0.1, 0.15) is 94.9 Å². The Labute approximate surface area is 328 Å². The van der Waals surface area contributed by atoms with Crippen LogP contribution in [-0.2, 0) is 52.3 Å². The Bertz CT molecular complexity index is 1300. The molecule has 3 heterocycles. The summed E-state index contributed by atoms with van der Waals surface area (Å²) in [6, 6.07) is -0.182. The Balaban J connectivity index is 2.23. The van der Waals surface area contributed by atoms with Gasteiger partial charge in [-0.1, -0.05) is 34.6 Å². The highest BCUT2D eigenvalue weighted by Crippen LogP contribution is 2.41. The molecule has 0 unspecified atom stereocenters. The number of aliphatic hydroxyl groups is 2. The zero-order valence-electron chi connectivity index (χ0n) is 35.7. The molecule has 318 valence electrons. The predicted octanol–water partition coefficient (Wildman–Crippen LogP) is 4.06. The lowest BCUT2D eigenvalue weighted by Gasteiger charge is -2.49. The first kappa shape index (κ1) is 47.4.